The van der Waals surface area contributed by atoms with Gasteiger partial charge in [-0.3, -0.25) is 9.78 Å². The lowest BCUT2D eigenvalue weighted by Gasteiger charge is -2.24. The number of carbonyl (C=O) groups excluding carboxylic acids is 1. The topological polar surface area (TPSA) is 114 Å². The lowest BCUT2D eigenvalue weighted by molar-refractivity contribution is 0.102. The molecule has 1 aromatic carbocycles. The van der Waals surface area contributed by atoms with E-state index in [1.807, 2.05) is 65.3 Å². The molecule has 0 radical (unpaired) electrons. The van der Waals surface area contributed by atoms with E-state index in [1.54, 1.807) is 12.4 Å². The van der Waals surface area contributed by atoms with E-state index >= 15 is 0 Å². The van der Waals surface area contributed by atoms with Gasteiger partial charge in [0.2, 0.25) is 0 Å². The fourth-order valence-electron chi connectivity index (χ4n) is 3.89. The SMILES string of the molecule is CC(C)(CCc1nn[nH]n1)c1ccc(C(=O)Nc2cn3cc(-c4ccncc4)ccc3n2)cc1. The third kappa shape index (κ3) is 4.54. The molecule has 34 heavy (non-hydrogen) atoms. The van der Waals surface area contributed by atoms with Crippen molar-refractivity contribution in [2.45, 2.75) is 32.1 Å². The van der Waals surface area contributed by atoms with E-state index in [-0.39, 0.29) is 11.3 Å². The van der Waals surface area contributed by atoms with Crippen molar-refractivity contribution in [3.63, 3.8) is 0 Å². The number of pyridine rings is 2. The van der Waals surface area contributed by atoms with E-state index in [0.717, 1.165) is 35.2 Å². The number of benzene rings is 1. The molecule has 0 bridgehead atoms. The molecular weight excluding hydrogens is 428 g/mol. The van der Waals surface area contributed by atoms with Crippen molar-refractivity contribution < 1.29 is 4.79 Å². The number of fused-ring (bicyclic) bond motifs is 1. The van der Waals surface area contributed by atoms with Crippen molar-refractivity contribution in [2.75, 3.05) is 5.32 Å². The summed E-state index contributed by atoms with van der Waals surface area (Å²) in [6.45, 7) is 4.33. The van der Waals surface area contributed by atoms with Crippen LogP contribution in [0.25, 0.3) is 16.8 Å². The number of nitrogens with zero attached hydrogens (tertiary/aromatic N) is 6. The molecule has 2 N–H and O–H groups in total. The summed E-state index contributed by atoms with van der Waals surface area (Å²) in [5.74, 6) is 1.000. The quantitative estimate of drug-likeness (QED) is 0.385. The van der Waals surface area contributed by atoms with Crippen LogP contribution in [-0.4, -0.2) is 40.9 Å². The van der Waals surface area contributed by atoms with Crippen LogP contribution in [0.5, 0.6) is 0 Å². The van der Waals surface area contributed by atoms with Crippen LogP contribution in [0.1, 0.15) is 42.0 Å². The molecule has 5 aromatic rings. The largest absolute Gasteiger partial charge is 0.305 e. The first kappa shape index (κ1) is 21.4. The minimum Gasteiger partial charge on any atom is -0.305 e. The van der Waals surface area contributed by atoms with Gasteiger partial charge in [0.15, 0.2) is 11.6 Å². The van der Waals surface area contributed by atoms with Crippen LogP contribution in [0.15, 0.2) is 73.3 Å². The molecule has 0 atom stereocenters. The van der Waals surface area contributed by atoms with Crippen LogP contribution in [0.2, 0.25) is 0 Å². The average molecular weight is 453 g/mol. The third-order valence-electron chi connectivity index (χ3n) is 6.00. The highest BCUT2D eigenvalue weighted by atomic mass is 16.1. The Balaban J connectivity index is 1.27. The van der Waals surface area contributed by atoms with Gasteiger partial charge < -0.3 is 9.72 Å². The van der Waals surface area contributed by atoms with E-state index in [0.29, 0.717) is 17.2 Å². The first-order valence-electron chi connectivity index (χ1n) is 11.0. The number of aromatic nitrogens is 7. The van der Waals surface area contributed by atoms with Crippen LogP contribution < -0.4 is 5.32 Å². The Hall–Kier alpha value is -4.40. The molecule has 4 heterocycles. The number of carbonyl (C=O) groups is 1. The Morgan fingerprint density at radius 1 is 1.00 bits per heavy atom. The standard InChI is InChI=1S/C25H24N8O/c1-25(2,12-9-21-29-31-32-30-21)20-6-3-18(4-7-20)24(34)28-22-16-33-15-19(5-8-23(33)27-22)17-10-13-26-14-11-17/h3-8,10-11,13-16H,9,12H2,1-2H3,(H,28,34)(H,29,30,31,32). The molecule has 9 heteroatoms. The van der Waals surface area contributed by atoms with Gasteiger partial charge in [-0.25, -0.2) is 4.98 Å². The van der Waals surface area contributed by atoms with Gasteiger partial charge in [0.1, 0.15) is 5.65 Å². The number of rotatable bonds is 7. The van der Waals surface area contributed by atoms with Gasteiger partial charge in [0.25, 0.3) is 5.91 Å². The van der Waals surface area contributed by atoms with E-state index in [1.165, 1.54) is 0 Å². The number of anilines is 1. The molecular formula is C25H24N8O. The minimum atomic E-state index is -0.200. The number of amides is 1. The Labute approximate surface area is 196 Å². The second-order valence-electron chi connectivity index (χ2n) is 8.79. The molecule has 9 nitrogen and oxygen atoms in total. The molecule has 0 fully saturated rings. The Morgan fingerprint density at radius 3 is 2.53 bits per heavy atom. The number of hydrogen-bond acceptors (Lipinski definition) is 6. The number of hydrogen-bond donors (Lipinski definition) is 2. The van der Waals surface area contributed by atoms with Gasteiger partial charge in [-0.1, -0.05) is 31.2 Å². The minimum absolute atomic E-state index is 0.0935. The van der Waals surface area contributed by atoms with Gasteiger partial charge in [0.05, 0.1) is 6.20 Å². The smallest absolute Gasteiger partial charge is 0.256 e. The summed E-state index contributed by atoms with van der Waals surface area (Å²) in [7, 11) is 0. The van der Waals surface area contributed by atoms with Crippen molar-refractivity contribution in [3.05, 3.63) is 90.3 Å². The number of aryl methyl sites for hydroxylation is 1. The molecule has 0 aliphatic rings. The van der Waals surface area contributed by atoms with Crippen molar-refractivity contribution in [1.82, 2.24) is 35.0 Å². The van der Waals surface area contributed by atoms with Crippen LogP contribution in [0.4, 0.5) is 5.82 Å². The molecule has 0 spiro atoms. The summed E-state index contributed by atoms with van der Waals surface area (Å²) in [6, 6.07) is 15.5. The fraction of sp³-hybridized carbons (Fsp3) is 0.200. The highest BCUT2D eigenvalue weighted by Crippen LogP contribution is 2.28. The maximum Gasteiger partial charge on any atom is 0.256 e. The number of nitrogens with one attached hydrogen (secondary N) is 2. The summed E-state index contributed by atoms with van der Waals surface area (Å²) in [5, 5.41) is 17.0. The van der Waals surface area contributed by atoms with Gasteiger partial charge in [0, 0.05) is 30.6 Å². The molecule has 0 unspecified atom stereocenters. The van der Waals surface area contributed by atoms with Gasteiger partial charge >= 0.3 is 0 Å². The van der Waals surface area contributed by atoms with Crippen LogP contribution in [0.3, 0.4) is 0 Å². The zero-order valence-corrected chi connectivity index (χ0v) is 18.9. The normalized spacial score (nSPS) is 11.6. The second-order valence-corrected chi connectivity index (χ2v) is 8.79. The molecule has 0 saturated heterocycles. The molecule has 4 aromatic heterocycles. The fourth-order valence-corrected chi connectivity index (χ4v) is 3.89. The molecule has 170 valence electrons. The van der Waals surface area contributed by atoms with E-state index in [9.17, 15) is 4.79 Å². The van der Waals surface area contributed by atoms with Gasteiger partial charge in [-0.05, 0) is 64.9 Å². The summed E-state index contributed by atoms with van der Waals surface area (Å²) in [5.41, 5.74) is 4.49. The van der Waals surface area contributed by atoms with Crippen molar-refractivity contribution >= 4 is 17.4 Å². The first-order valence-corrected chi connectivity index (χ1v) is 11.0. The lowest BCUT2D eigenvalue weighted by atomic mass is 9.80. The van der Waals surface area contributed by atoms with E-state index in [4.69, 9.17) is 0 Å². The van der Waals surface area contributed by atoms with Crippen LogP contribution in [-0.2, 0) is 11.8 Å². The first-order chi connectivity index (χ1) is 16.5. The summed E-state index contributed by atoms with van der Waals surface area (Å²) in [6.07, 6.45) is 8.91. The highest BCUT2D eigenvalue weighted by molar-refractivity contribution is 6.03. The van der Waals surface area contributed by atoms with Crippen LogP contribution >= 0.6 is 0 Å². The maximum atomic E-state index is 12.8. The van der Waals surface area contributed by atoms with Crippen molar-refractivity contribution in [3.8, 4) is 11.1 Å². The predicted octanol–water partition coefficient (Wildman–Crippen LogP) is 4.07. The zero-order valence-electron chi connectivity index (χ0n) is 18.9. The molecule has 0 aliphatic heterocycles. The lowest BCUT2D eigenvalue weighted by Crippen LogP contribution is -2.19. The Kier molecular flexibility index (Phi) is 5.59. The Bertz CT molecular complexity index is 1410. The summed E-state index contributed by atoms with van der Waals surface area (Å²) in [4.78, 5) is 21.4. The van der Waals surface area contributed by atoms with Gasteiger partial charge in [-0.2, -0.15) is 5.21 Å². The predicted molar refractivity (Wildman–Crippen MR) is 128 cm³/mol. The van der Waals surface area contributed by atoms with E-state index in [2.05, 4.69) is 49.8 Å². The third-order valence-corrected chi connectivity index (χ3v) is 6.00. The van der Waals surface area contributed by atoms with Gasteiger partial charge in [-0.15, -0.1) is 10.2 Å². The average Bonchev–Trinajstić information content (AvgIpc) is 3.52. The molecule has 5 rings (SSSR count). The maximum absolute atomic E-state index is 12.8. The second kappa shape index (κ2) is 8.86. The molecule has 0 aliphatic carbocycles. The number of imidazole rings is 1. The number of aromatic amines is 1. The summed E-state index contributed by atoms with van der Waals surface area (Å²) >= 11 is 0. The summed E-state index contributed by atoms with van der Waals surface area (Å²) < 4.78 is 1.90. The zero-order chi connectivity index (χ0) is 23.5. The molecule has 0 saturated carbocycles. The highest BCUT2D eigenvalue weighted by Gasteiger charge is 2.22. The number of H-pyrrole nitrogens is 1. The number of tetrazole rings is 1. The monoisotopic (exact) mass is 452 g/mol. The van der Waals surface area contributed by atoms with E-state index < -0.39 is 0 Å². The molecule has 1 amide bonds. The van der Waals surface area contributed by atoms with Crippen molar-refractivity contribution in [2.24, 2.45) is 0 Å². The van der Waals surface area contributed by atoms with Crippen molar-refractivity contribution in [1.29, 1.82) is 0 Å². The van der Waals surface area contributed by atoms with Crippen LogP contribution in [0, 0.1) is 0 Å². The Morgan fingerprint density at radius 2 is 1.79 bits per heavy atom.